The van der Waals surface area contributed by atoms with E-state index in [4.69, 9.17) is 0 Å². The lowest BCUT2D eigenvalue weighted by atomic mass is 9.85. The van der Waals surface area contributed by atoms with E-state index in [0.717, 1.165) is 6.42 Å². The first-order valence-electron chi connectivity index (χ1n) is 11.3. The second kappa shape index (κ2) is 8.13. The van der Waals surface area contributed by atoms with E-state index in [1.165, 1.54) is 49.7 Å². The molecule has 0 spiro atoms. The Kier molecular flexibility index (Phi) is 5.15. The summed E-state index contributed by atoms with van der Waals surface area (Å²) < 4.78 is 0. The molecule has 0 aromatic heterocycles. The molecule has 0 fully saturated rings. The Balaban J connectivity index is 1.47. The lowest BCUT2D eigenvalue weighted by molar-refractivity contribution is 0.563. The zero-order valence-corrected chi connectivity index (χ0v) is 18.8. The molecular formula is C32H28. The lowest BCUT2D eigenvalue weighted by Crippen LogP contribution is -2.11. The number of allylic oxidation sites excluding steroid dienone is 5. The van der Waals surface area contributed by atoms with Gasteiger partial charge in [-0.1, -0.05) is 118 Å². The van der Waals surface area contributed by atoms with Gasteiger partial charge in [0.25, 0.3) is 0 Å². The van der Waals surface area contributed by atoms with Crippen molar-refractivity contribution >= 4 is 16.3 Å². The van der Waals surface area contributed by atoms with Crippen molar-refractivity contribution in [3.05, 3.63) is 127 Å². The van der Waals surface area contributed by atoms with Crippen LogP contribution in [0.4, 0.5) is 0 Å². The van der Waals surface area contributed by atoms with Crippen molar-refractivity contribution in [3.8, 4) is 22.3 Å². The summed E-state index contributed by atoms with van der Waals surface area (Å²) >= 11 is 0. The minimum absolute atomic E-state index is 0.143. The molecular weight excluding hydrogens is 384 g/mol. The third-order valence-corrected chi connectivity index (χ3v) is 6.57. The zero-order valence-electron chi connectivity index (χ0n) is 18.8. The Morgan fingerprint density at radius 1 is 0.688 bits per heavy atom. The molecule has 0 radical (unpaired) electrons. The summed E-state index contributed by atoms with van der Waals surface area (Å²) in [6, 6.07) is 31.1. The summed E-state index contributed by atoms with van der Waals surface area (Å²) in [7, 11) is 0. The summed E-state index contributed by atoms with van der Waals surface area (Å²) in [5.41, 5.74) is 9.41. The molecule has 0 unspecified atom stereocenters. The monoisotopic (exact) mass is 412 g/mol. The summed E-state index contributed by atoms with van der Waals surface area (Å²) in [6.45, 7) is 8.45. The first-order valence-corrected chi connectivity index (χ1v) is 11.3. The van der Waals surface area contributed by atoms with E-state index in [1.807, 2.05) is 12.2 Å². The molecule has 0 saturated heterocycles. The average molecular weight is 413 g/mol. The van der Waals surface area contributed by atoms with Crippen molar-refractivity contribution in [2.75, 3.05) is 0 Å². The van der Waals surface area contributed by atoms with E-state index in [-0.39, 0.29) is 5.41 Å². The summed E-state index contributed by atoms with van der Waals surface area (Å²) in [5.74, 6) is 0. The maximum absolute atomic E-state index is 3.77. The average Bonchev–Trinajstić information content (AvgIpc) is 3.08. The van der Waals surface area contributed by atoms with Gasteiger partial charge in [0.2, 0.25) is 0 Å². The Morgan fingerprint density at radius 3 is 2.03 bits per heavy atom. The van der Waals surface area contributed by atoms with Gasteiger partial charge in [-0.05, 0) is 73.7 Å². The Hall–Kier alpha value is -3.64. The second-order valence-corrected chi connectivity index (χ2v) is 9.27. The van der Waals surface area contributed by atoms with Gasteiger partial charge in [0.15, 0.2) is 0 Å². The molecule has 0 heterocycles. The molecule has 0 N–H and O–H groups in total. The Labute approximate surface area is 191 Å². The number of benzene rings is 4. The van der Waals surface area contributed by atoms with Gasteiger partial charge in [0.1, 0.15) is 0 Å². The van der Waals surface area contributed by atoms with Gasteiger partial charge in [-0.3, -0.25) is 0 Å². The van der Waals surface area contributed by atoms with Crippen molar-refractivity contribution in [2.24, 2.45) is 0 Å². The highest BCUT2D eigenvalue weighted by atomic mass is 14.4. The van der Waals surface area contributed by atoms with Crippen LogP contribution >= 0.6 is 0 Å². The minimum Gasteiger partial charge on any atom is -0.0991 e. The maximum atomic E-state index is 3.77. The molecule has 5 rings (SSSR count). The molecule has 0 atom stereocenters. The van der Waals surface area contributed by atoms with E-state index in [2.05, 4.69) is 118 Å². The summed E-state index contributed by atoms with van der Waals surface area (Å²) in [5, 5.41) is 2.56. The fourth-order valence-corrected chi connectivity index (χ4v) is 4.85. The summed E-state index contributed by atoms with van der Waals surface area (Å²) in [4.78, 5) is 0. The van der Waals surface area contributed by atoms with Crippen LogP contribution in [0.5, 0.6) is 0 Å². The van der Waals surface area contributed by atoms with E-state index >= 15 is 0 Å². The molecule has 4 aromatic rings. The molecule has 156 valence electrons. The molecule has 0 bridgehead atoms. The van der Waals surface area contributed by atoms with Crippen molar-refractivity contribution in [1.29, 1.82) is 0 Å². The maximum Gasteiger partial charge on any atom is -0.00567 e. The number of fused-ring (bicyclic) bond motifs is 2. The molecule has 0 aliphatic heterocycles. The van der Waals surface area contributed by atoms with Crippen molar-refractivity contribution in [1.82, 2.24) is 0 Å². The molecule has 0 saturated carbocycles. The van der Waals surface area contributed by atoms with E-state index in [1.54, 1.807) is 0 Å². The molecule has 1 aliphatic carbocycles. The molecule has 0 heteroatoms. The van der Waals surface area contributed by atoms with E-state index in [0.29, 0.717) is 0 Å². The van der Waals surface area contributed by atoms with Crippen LogP contribution in [0.15, 0.2) is 116 Å². The molecule has 4 aromatic carbocycles. The number of hydrogen-bond acceptors (Lipinski definition) is 0. The van der Waals surface area contributed by atoms with E-state index < -0.39 is 0 Å². The van der Waals surface area contributed by atoms with Gasteiger partial charge in [-0.2, -0.15) is 0 Å². The number of hydrogen-bond donors (Lipinski definition) is 0. The van der Waals surface area contributed by atoms with Crippen LogP contribution in [0.3, 0.4) is 0 Å². The van der Waals surface area contributed by atoms with Gasteiger partial charge in [-0.25, -0.2) is 0 Å². The van der Waals surface area contributed by atoms with Crippen LogP contribution in [-0.2, 0) is 5.41 Å². The van der Waals surface area contributed by atoms with Crippen LogP contribution in [0, 0.1) is 0 Å². The van der Waals surface area contributed by atoms with Gasteiger partial charge in [0, 0.05) is 0 Å². The highest BCUT2D eigenvalue weighted by molar-refractivity contribution is 5.87. The highest BCUT2D eigenvalue weighted by Gasteiger charge is 2.33. The van der Waals surface area contributed by atoms with Crippen LogP contribution in [0.2, 0.25) is 0 Å². The van der Waals surface area contributed by atoms with Crippen LogP contribution < -0.4 is 0 Å². The van der Waals surface area contributed by atoms with Crippen LogP contribution in [0.25, 0.3) is 38.6 Å². The standard InChI is InChI=1S/C32H28/c1-4-5-6-11-29-22-32(2,3)31-21-28(18-19-30(29)31)25-14-12-24(13-15-25)27-17-16-23-9-7-8-10-26(23)20-27/h4-21H,1,22H2,2-3H3/b6-5-,29-11+. The third kappa shape index (κ3) is 3.74. The van der Waals surface area contributed by atoms with Gasteiger partial charge in [0.05, 0.1) is 0 Å². The van der Waals surface area contributed by atoms with Crippen LogP contribution in [0.1, 0.15) is 31.4 Å². The first kappa shape index (κ1) is 20.3. The predicted octanol–water partition coefficient (Wildman–Crippen LogP) is 8.98. The summed E-state index contributed by atoms with van der Waals surface area (Å²) in [6.07, 6.45) is 9.20. The van der Waals surface area contributed by atoms with E-state index in [9.17, 15) is 0 Å². The number of rotatable bonds is 4. The minimum atomic E-state index is 0.143. The topological polar surface area (TPSA) is 0 Å². The predicted molar refractivity (Wildman–Crippen MR) is 140 cm³/mol. The van der Waals surface area contributed by atoms with Gasteiger partial charge in [-0.15, -0.1) is 0 Å². The molecule has 0 amide bonds. The third-order valence-electron chi connectivity index (χ3n) is 6.57. The molecule has 32 heavy (non-hydrogen) atoms. The van der Waals surface area contributed by atoms with Gasteiger partial charge >= 0.3 is 0 Å². The zero-order chi connectivity index (χ0) is 22.1. The van der Waals surface area contributed by atoms with Crippen molar-refractivity contribution in [3.63, 3.8) is 0 Å². The van der Waals surface area contributed by atoms with Crippen molar-refractivity contribution < 1.29 is 0 Å². The smallest absolute Gasteiger partial charge is 0.00567 e. The fraction of sp³-hybridized carbons (Fsp3) is 0.125. The normalized spacial score (nSPS) is 16.0. The lowest BCUT2D eigenvalue weighted by Gasteiger charge is -2.19. The molecule has 0 nitrogen and oxygen atoms in total. The fourth-order valence-electron chi connectivity index (χ4n) is 4.85. The SMILES string of the molecule is C=C/C=C\C=C1/CC(C)(C)c2cc(-c3ccc(-c4ccc5ccccc5c4)cc3)ccc21. The van der Waals surface area contributed by atoms with Gasteiger partial charge < -0.3 is 0 Å². The second-order valence-electron chi connectivity index (χ2n) is 9.27. The highest BCUT2D eigenvalue weighted by Crippen LogP contribution is 2.46. The molecule has 1 aliphatic rings. The Bertz CT molecular complexity index is 1360. The van der Waals surface area contributed by atoms with Crippen molar-refractivity contribution in [2.45, 2.75) is 25.7 Å². The Morgan fingerprint density at radius 2 is 1.31 bits per heavy atom. The quantitative estimate of drug-likeness (QED) is 0.293. The first-order chi connectivity index (χ1) is 15.5. The van der Waals surface area contributed by atoms with Crippen LogP contribution in [-0.4, -0.2) is 0 Å². The largest absolute Gasteiger partial charge is 0.0991 e.